The predicted molar refractivity (Wildman–Crippen MR) is 87.1 cm³/mol. The molecule has 23 heavy (non-hydrogen) atoms. The summed E-state index contributed by atoms with van der Waals surface area (Å²) in [6.07, 6.45) is -1.70. The van der Waals surface area contributed by atoms with Crippen LogP contribution >= 0.6 is 17.9 Å². The number of aliphatic hydroxyl groups excluding tert-OH is 2. The van der Waals surface area contributed by atoms with Crippen LogP contribution in [0.3, 0.4) is 0 Å². The molecule has 1 saturated heterocycles. The summed E-state index contributed by atoms with van der Waals surface area (Å²) in [5, 5.41) is 20.3. The molecule has 5 N–H and O–H groups in total. The molecule has 0 aromatic carbocycles. The minimum Gasteiger partial charge on any atom is -0.387 e. The minimum atomic E-state index is -3.19. The molecule has 2 aromatic rings. The Morgan fingerprint density at radius 1 is 1.39 bits per heavy atom. The maximum atomic E-state index is 10.2. The molecule has 0 saturated carbocycles. The van der Waals surface area contributed by atoms with E-state index in [4.69, 9.17) is 15.0 Å². The number of hydrogen-bond donors (Lipinski definition) is 5. The molecule has 1 unspecified atom stereocenters. The molecule has 1 aliphatic rings. The lowest BCUT2D eigenvalue weighted by atomic mass is 10.1. The zero-order valence-electron chi connectivity index (χ0n) is 11.5. The lowest BCUT2D eigenvalue weighted by molar-refractivity contribution is -0.0469. The fourth-order valence-electron chi connectivity index (χ4n) is 2.32. The van der Waals surface area contributed by atoms with Gasteiger partial charge < -0.3 is 30.1 Å². The number of nitrogen functional groups attached to an aromatic ring is 1. The Morgan fingerprint density at radius 3 is 2.83 bits per heavy atom. The Bertz CT molecular complexity index is 769. The van der Waals surface area contributed by atoms with E-state index in [-0.39, 0.29) is 12.4 Å². The van der Waals surface area contributed by atoms with Crippen LogP contribution in [0.1, 0.15) is 6.23 Å². The van der Waals surface area contributed by atoms with Gasteiger partial charge in [0, 0.05) is 0 Å². The highest BCUT2D eigenvalue weighted by molar-refractivity contribution is 8.59. The molecular formula is C10H14N5O5PS2. The van der Waals surface area contributed by atoms with E-state index in [2.05, 4.69) is 39.0 Å². The third-order valence-corrected chi connectivity index (χ3v) is 4.55. The van der Waals surface area contributed by atoms with Crippen LogP contribution in [0.25, 0.3) is 11.2 Å². The van der Waals surface area contributed by atoms with Crippen LogP contribution < -0.4 is 5.73 Å². The monoisotopic (exact) mass is 379 g/mol. The predicted octanol–water partition coefficient (Wildman–Crippen LogP) is -0.809. The third kappa shape index (κ3) is 3.35. The number of fused-ring (bicyclic) bond motifs is 1. The standard InChI is InChI=1S/C10H14N5O5PS2/c11-8-5-9(13-2-12-8)15(3-14-5)10-7(17)6(16)4(20-10)1-19-21(18,22)23/h2-4,6-7,10,16-17H,1H2,(H2,11,12,13)(H2,18,22,23)/t4-,6-,7+,10+/m0/s1. The summed E-state index contributed by atoms with van der Waals surface area (Å²) in [7, 11) is 0. The number of rotatable bonds is 4. The van der Waals surface area contributed by atoms with Gasteiger partial charge in [-0.05, 0) is 11.8 Å². The minimum absolute atomic E-state index is 0.192. The second-order valence-corrected chi connectivity index (χ2v) is 10.1. The summed E-state index contributed by atoms with van der Waals surface area (Å²) in [5.41, 5.74) is 3.24. The van der Waals surface area contributed by atoms with E-state index in [0.717, 1.165) is 0 Å². The number of thiol groups is 1. The van der Waals surface area contributed by atoms with Crippen LogP contribution in [-0.2, 0) is 21.1 Å². The largest absolute Gasteiger partial charge is 0.387 e. The van der Waals surface area contributed by atoms with Crippen molar-refractivity contribution in [3.8, 4) is 0 Å². The average molecular weight is 379 g/mol. The number of nitrogens with zero attached hydrogens (tertiary/aromatic N) is 4. The van der Waals surface area contributed by atoms with Crippen LogP contribution in [0.15, 0.2) is 12.7 Å². The van der Waals surface area contributed by atoms with Crippen molar-refractivity contribution in [2.24, 2.45) is 0 Å². The Morgan fingerprint density at radius 2 is 2.13 bits per heavy atom. The summed E-state index contributed by atoms with van der Waals surface area (Å²) in [6.45, 7) is -0.213. The Hall–Kier alpha value is -0.850. The van der Waals surface area contributed by atoms with Gasteiger partial charge in [-0.1, -0.05) is 12.2 Å². The van der Waals surface area contributed by atoms with Crippen LogP contribution in [0.4, 0.5) is 5.82 Å². The van der Waals surface area contributed by atoms with Gasteiger partial charge in [-0.25, -0.2) is 15.0 Å². The molecule has 3 heterocycles. The zero-order valence-corrected chi connectivity index (χ0v) is 14.1. The quantitative estimate of drug-likeness (QED) is 0.337. The van der Waals surface area contributed by atoms with Gasteiger partial charge in [-0.15, -0.1) is 0 Å². The van der Waals surface area contributed by atoms with Crippen molar-refractivity contribution in [2.45, 2.75) is 24.5 Å². The molecule has 0 radical (unpaired) electrons. The highest BCUT2D eigenvalue weighted by atomic mass is 32.9. The molecule has 1 fully saturated rings. The number of nitrogens with two attached hydrogens (primary N) is 1. The van der Waals surface area contributed by atoms with Gasteiger partial charge in [0.05, 0.1) is 12.9 Å². The second-order valence-electron chi connectivity index (χ2n) is 4.92. The van der Waals surface area contributed by atoms with Crippen molar-refractivity contribution in [3.05, 3.63) is 12.7 Å². The van der Waals surface area contributed by atoms with E-state index < -0.39 is 30.2 Å². The van der Waals surface area contributed by atoms with Crippen molar-refractivity contribution >= 4 is 46.7 Å². The third-order valence-electron chi connectivity index (χ3n) is 3.41. The van der Waals surface area contributed by atoms with Gasteiger partial charge in [-0.2, -0.15) is 0 Å². The number of hydrogen-bond acceptors (Lipinski definition) is 9. The first-order valence-electron chi connectivity index (χ1n) is 6.42. The van der Waals surface area contributed by atoms with E-state index in [1.807, 2.05) is 0 Å². The SMILES string of the molecule is Nc1ncnc2c1ncn2[C@@H]1O[C@@H](COP(O)(=S)S)[C@H](O)[C@H]1O. The second kappa shape index (κ2) is 6.22. The Kier molecular flexibility index (Phi) is 4.60. The highest BCUT2D eigenvalue weighted by Gasteiger charge is 2.44. The zero-order chi connectivity index (χ0) is 16.8. The molecular weight excluding hydrogens is 365 g/mol. The molecule has 0 aliphatic carbocycles. The summed E-state index contributed by atoms with van der Waals surface area (Å²) >= 11 is 8.37. The highest BCUT2D eigenvalue weighted by Crippen LogP contribution is 2.48. The van der Waals surface area contributed by atoms with Crippen molar-refractivity contribution in [1.29, 1.82) is 0 Å². The Balaban J connectivity index is 1.85. The van der Waals surface area contributed by atoms with Crippen LogP contribution in [-0.4, -0.2) is 59.5 Å². The number of imidazole rings is 1. The lowest BCUT2D eigenvalue weighted by Gasteiger charge is -2.17. The van der Waals surface area contributed by atoms with Gasteiger partial charge >= 0.3 is 0 Å². The molecule has 10 nitrogen and oxygen atoms in total. The maximum Gasteiger partial charge on any atom is 0.241 e. The normalized spacial score (nSPS) is 30.6. The molecule has 2 aromatic heterocycles. The first-order valence-corrected chi connectivity index (χ1v) is 10.2. The van der Waals surface area contributed by atoms with Gasteiger partial charge in [0.2, 0.25) is 5.69 Å². The molecule has 0 bridgehead atoms. The first kappa shape index (κ1) is 17.0. The first-order chi connectivity index (χ1) is 10.8. The molecule has 3 rings (SSSR count). The van der Waals surface area contributed by atoms with Gasteiger partial charge in [-0.3, -0.25) is 4.57 Å². The maximum absolute atomic E-state index is 10.2. The number of aromatic nitrogens is 4. The molecule has 0 amide bonds. The van der Waals surface area contributed by atoms with Gasteiger partial charge in [0.25, 0.3) is 0 Å². The van der Waals surface area contributed by atoms with Crippen LogP contribution in [0.2, 0.25) is 0 Å². The summed E-state index contributed by atoms with van der Waals surface area (Å²) < 4.78 is 12.0. The van der Waals surface area contributed by atoms with Crippen molar-refractivity contribution in [2.75, 3.05) is 12.3 Å². The van der Waals surface area contributed by atoms with Crippen molar-refractivity contribution in [3.63, 3.8) is 0 Å². The smallest absolute Gasteiger partial charge is 0.241 e. The van der Waals surface area contributed by atoms with Crippen LogP contribution in [0.5, 0.6) is 0 Å². The Labute approximate surface area is 140 Å². The summed E-state index contributed by atoms with van der Waals surface area (Å²) in [5.74, 6) is 0.192. The lowest BCUT2D eigenvalue weighted by Crippen LogP contribution is -2.33. The summed E-state index contributed by atoms with van der Waals surface area (Å²) in [6, 6.07) is 0. The van der Waals surface area contributed by atoms with E-state index in [1.165, 1.54) is 17.2 Å². The number of anilines is 1. The molecule has 126 valence electrons. The van der Waals surface area contributed by atoms with Crippen molar-refractivity contribution in [1.82, 2.24) is 19.5 Å². The van der Waals surface area contributed by atoms with E-state index in [9.17, 15) is 15.1 Å². The van der Waals surface area contributed by atoms with Crippen LogP contribution in [0, 0.1) is 0 Å². The number of aliphatic hydroxyl groups is 2. The fourth-order valence-corrected chi connectivity index (χ4v) is 3.05. The molecule has 13 heteroatoms. The fraction of sp³-hybridized carbons (Fsp3) is 0.500. The molecule has 0 spiro atoms. The summed E-state index contributed by atoms with van der Waals surface area (Å²) in [4.78, 5) is 21.3. The van der Waals surface area contributed by atoms with Gasteiger partial charge in [0.15, 0.2) is 17.7 Å². The molecule has 1 aliphatic heterocycles. The van der Waals surface area contributed by atoms with Gasteiger partial charge in [0.1, 0.15) is 30.2 Å². The van der Waals surface area contributed by atoms with E-state index in [0.29, 0.717) is 11.2 Å². The topological polar surface area (TPSA) is 149 Å². The van der Waals surface area contributed by atoms with E-state index >= 15 is 0 Å². The average Bonchev–Trinajstić information content (AvgIpc) is 3.01. The van der Waals surface area contributed by atoms with Crippen molar-refractivity contribution < 1.29 is 24.4 Å². The molecule has 5 atom stereocenters. The van der Waals surface area contributed by atoms with E-state index in [1.54, 1.807) is 0 Å². The number of ether oxygens (including phenoxy) is 1.